The highest BCUT2D eigenvalue weighted by Crippen LogP contribution is 2.28. The van der Waals surface area contributed by atoms with Crippen LogP contribution in [0.1, 0.15) is 0 Å². The molecule has 0 radical (unpaired) electrons. The molecule has 1 aliphatic heterocycles. The molecule has 6 heteroatoms. The third-order valence-electron chi connectivity index (χ3n) is 5.03. The van der Waals surface area contributed by atoms with Crippen LogP contribution in [-0.2, 0) is 0 Å². The third kappa shape index (κ3) is 3.13. The Balaban J connectivity index is 1.49. The van der Waals surface area contributed by atoms with Crippen molar-refractivity contribution in [1.82, 2.24) is 19.9 Å². The number of hydrogen-bond acceptors (Lipinski definition) is 6. The molecule has 0 bridgehead atoms. The number of pyridine rings is 2. The minimum Gasteiger partial charge on any atom is -0.353 e. The lowest BCUT2D eigenvalue weighted by molar-refractivity contribution is 0.643. The summed E-state index contributed by atoms with van der Waals surface area (Å²) in [5.74, 6) is 2.68. The van der Waals surface area contributed by atoms with Gasteiger partial charge in [-0.3, -0.25) is 4.98 Å². The van der Waals surface area contributed by atoms with E-state index in [1.165, 1.54) is 0 Å². The fourth-order valence-corrected chi connectivity index (χ4v) is 3.60. The van der Waals surface area contributed by atoms with Crippen molar-refractivity contribution in [2.75, 3.05) is 36.0 Å². The monoisotopic (exact) mass is 368 g/mol. The van der Waals surface area contributed by atoms with Gasteiger partial charge in [-0.05, 0) is 36.4 Å². The highest BCUT2D eigenvalue weighted by atomic mass is 15.3. The first-order valence-corrected chi connectivity index (χ1v) is 9.47. The fourth-order valence-electron chi connectivity index (χ4n) is 3.60. The van der Waals surface area contributed by atoms with Crippen LogP contribution >= 0.6 is 0 Å². The van der Waals surface area contributed by atoms with E-state index in [1.54, 1.807) is 6.20 Å². The first-order chi connectivity index (χ1) is 13.9. The van der Waals surface area contributed by atoms with Gasteiger partial charge in [-0.1, -0.05) is 24.3 Å². The second kappa shape index (κ2) is 7.23. The standard InChI is InChI=1S/C22H20N6/c1-2-8-18-17(7-1)22(26-21(25-18)19-9-3-5-11-23-19)28-15-13-27(14-16-28)20-10-4-6-12-24-20/h1-12H,13-16H2. The molecule has 0 spiro atoms. The summed E-state index contributed by atoms with van der Waals surface area (Å²) in [7, 11) is 0. The van der Waals surface area contributed by atoms with Crippen LogP contribution in [0.2, 0.25) is 0 Å². The van der Waals surface area contributed by atoms with Crippen LogP contribution in [0.3, 0.4) is 0 Å². The molecule has 1 fully saturated rings. The third-order valence-corrected chi connectivity index (χ3v) is 5.03. The maximum atomic E-state index is 4.91. The first kappa shape index (κ1) is 16.6. The molecule has 0 amide bonds. The summed E-state index contributed by atoms with van der Waals surface area (Å²) < 4.78 is 0. The molecule has 1 aliphatic rings. The molecule has 6 nitrogen and oxygen atoms in total. The average Bonchev–Trinajstić information content (AvgIpc) is 2.80. The number of anilines is 2. The van der Waals surface area contributed by atoms with Gasteiger partial charge in [0.2, 0.25) is 0 Å². The second-order valence-corrected chi connectivity index (χ2v) is 6.76. The van der Waals surface area contributed by atoms with Crippen LogP contribution in [0, 0.1) is 0 Å². The molecule has 4 heterocycles. The molecule has 1 aromatic carbocycles. The largest absolute Gasteiger partial charge is 0.353 e. The number of rotatable bonds is 3. The summed E-state index contributed by atoms with van der Waals surface area (Å²) in [5, 5.41) is 1.08. The molecular formula is C22H20N6. The first-order valence-electron chi connectivity index (χ1n) is 9.47. The molecule has 138 valence electrons. The van der Waals surface area contributed by atoms with E-state index >= 15 is 0 Å². The number of para-hydroxylation sites is 1. The predicted molar refractivity (Wildman–Crippen MR) is 111 cm³/mol. The number of hydrogen-bond donors (Lipinski definition) is 0. The fraction of sp³-hybridized carbons (Fsp3) is 0.182. The number of piperazine rings is 1. The number of benzene rings is 1. The summed E-state index contributed by atoms with van der Waals surface area (Å²) in [6.07, 6.45) is 3.62. The van der Waals surface area contributed by atoms with Gasteiger partial charge in [0.15, 0.2) is 5.82 Å². The number of fused-ring (bicyclic) bond motifs is 1. The second-order valence-electron chi connectivity index (χ2n) is 6.76. The smallest absolute Gasteiger partial charge is 0.180 e. The van der Waals surface area contributed by atoms with Crippen LogP contribution in [0.25, 0.3) is 22.4 Å². The zero-order valence-corrected chi connectivity index (χ0v) is 15.4. The maximum Gasteiger partial charge on any atom is 0.180 e. The summed E-state index contributed by atoms with van der Waals surface area (Å²) in [4.78, 5) is 23.2. The summed E-state index contributed by atoms with van der Waals surface area (Å²) in [6.45, 7) is 3.60. The van der Waals surface area contributed by atoms with Crippen molar-refractivity contribution in [3.05, 3.63) is 73.1 Å². The quantitative estimate of drug-likeness (QED) is 0.552. The van der Waals surface area contributed by atoms with Crippen molar-refractivity contribution in [3.8, 4) is 11.5 Å². The molecule has 3 aromatic heterocycles. The van der Waals surface area contributed by atoms with Gasteiger partial charge < -0.3 is 9.80 Å². The van der Waals surface area contributed by atoms with Crippen molar-refractivity contribution < 1.29 is 0 Å². The summed E-state index contributed by atoms with van der Waals surface area (Å²) in [5.41, 5.74) is 1.74. The number of aromatic nitrogens is 4. The zero-order valence-electron chi connectivity index (χ0n) is 15.4. The Bertz CT molecular complexity index is 1080. The predicted octanol–water partition coefficient (Wildman–Crippen LogP) is 3.41. The summed E-state index contributed by atoms with van der Waals surface area (Å²) in [6, 6.07) is 20.1. The minimum atomic E-state index is 0.668. The van der Waals surface area contributed by atoms with E-state index in [1.807, 2.05) is 54.7 Å². The van der Waals surface area contributed by atoms with Gasteiger partial charge >= 0.3 is 0 Å². The van der Waals surface area contributed by atoms with E-state index in [9.17, 15) is 0 Å². The van der Waals surface area contributed by atoms with Crippen LogP contribution < -0.4 is 9.80 Å². The lowest BCUT2D eigenvalue weighted by Gasteiger charge is -2.36. The summed E-state index contributed by atoms with van der Waals surface area (Å²) >= 11 is 0. The molecule has 4 aromatic rings. The Hall–Kier alpha value is -3.54. The van der Waals surface area contributed by atoms with Crippen molar-refractivity contribution >= 4 is 22.5 Å². The lowest BCUT2D eigenvalue weighted by atomic mass is 10.2. The van der Waals surface area contributed by atoms with Gasteiger partial charge in [-0.25, -0.2) is 15.0 Å². The van der Waals surface area contributed by atoms with E-state index in [0.29, 0.717) is 5.82 Å². The number of nitrogens with zero attached hydrogens (tertiary/aromatic N) is 6. The van der Waals surface area contributed by atoms with E-state index < -0.39 is 0 Å². The molecule has 1 saturated heterocycles. The van der Waals surface area contributed by atoms with Gasteiger partial charge in [0.25, 0.3) is 0 Å². The average molecular weight is 368 g/mol. The molecular weight excluding hydrogens is 348 g/mol. The highest BCUT2D eigenvalue weighted by molar-refractivity contribution is 5.91. The Labute approximate surface area is 163 Å². The molecule has 0 saturated carbocycles. The Morgan fingerprint density at radius 2 is 1.36 bits per heavy atom. The maximum absolute atomic E-state index is 4.91. The van der Waals surface area contributed by atoms with Crippen molar-refractivity contribution in [3.63, 3.8) is 0 Å². The van der Waals surface area contributed by atoms with Crippen LogP contribution in [0.15, 0.2) is 73.1 Å². The van der Waals surface area contributed by atoms with Gasteiger partial charge in [0, 0.05) is 44.0 Å². The van der Waals surface area contributed by atoms with E-state index in [4.69, 9.17) is 9.97 Å². The highest BCUT2D eigenvalue weighted by Gasteiger charge is 2.22. The molecule has 5 rings (SSSR count). The van der Waals surface area contributed by atoms with Crippen LogP contribution in [0.5, 0.6) is 0 Å². The Morgan fingerprint density at radius 1 is 0.643 bits per heavy atom. The van der Waals surface area contributed by atoms with Crippen molar-refractivity contribution in [2.24, 2.45) is 0 Å². The SMILES string of the molecule is c1ccc(-c2nc(N3CCN(c4ccccn4)CC3)c3ccccc3n2)nc1. The van der Waals surface area contributed by atoms with E-state index in [0.717, 1.165) is 54.4 Å². The van der Waals surface area contributed by atoms with E-state index in [2.05, 4.69) is 31.9 Å². The van der Waals surface area contributed by atoms with Crippen LogP contribution in [0.4, 0.5) is 11.6 Å². The van der Waals surface area contributed by atoms with Gasteiger partial charge in [-0.2, -0.15) is 0 Å². The Kier molecular flexibility index (Phi) is 4.29. The topological polar surface area (TPSA) is 58.0 Å². The molecule has 0 unspecified atom stereocenters. The minimum absolute atomic E-state index is 0.668. The normalized spacial score (nSPS) is 14.4. The van der Waals surface area contributed by atoms with Gasteiger partial charge in [0.05, 0.1) is 5.52 Å². The molecule has 0 aliphatic carbocycles. The zero-order chi connectivity index (χ0) is 18.8. The Morgan fingerprint density at radius 3 is 2.11 bits per heavy atom. The lowest BCUT2D eigenvalue weighted by Crippen LogP contribution is -2.47. The molecule has 0 atom stereocenters. The van der Waals surface area contributed by atoms with Crippen molar-refractivity contribution in [2.45, 2.75) is 0 Å². The molecule has 28 heavy (non-hydrogen) atoms. The van der Waals surface area contributed by atoms with Gasteiger partial charge in [0.1, 0.15) is 17.3 Å². The van der Waals surface area contributed by atoms with Crippen LogP contribution in [-0.4, -0.2) is 46.1 Å². The van der Waals surface area contributed by atoms with Gasteiger partial charge in [-0.15, -0.1) is 0 Å². The van der Waals surface area contributed by atoms with Crippen molar-refractivity contribution in [1.29, 1.82) is 0 Å². The van der Waals surface area contributed by atoms with E-state index in [-0.39, 0.29) is 0 Å². The molecule has 0 N–H and O–H groups in total.